The average molecular weight is 310 g/mol. The van der Waals surface area contributed by atoms with E-state index in [-0.39, 0.29) is 6.04 Å². The first-order valence-corrected chi connectivity index (χ1v) is 8.69. The highest BCUT2D eigenvalue weighted by molar-refractivity contribution is 7.89. The van der Waals surface area contributed by atoms with Gasteiger partial charge in [-0.15, -0.1) is 11.3 Å². The van der Waals surface area contributed by atoms with Crippen LogP contribution in [0.25, 0.3) is 0 Å². The molecule has 0 aliphatic rings. The van der Waals surface area contributed by atoms with Gasteiger partial charge in [0.25, 0.3) is 0 Å². The molecule has 2 N–H and O–H groups in total. The summed E-state index contributed by atoms with van der Waals surface area (Å²) in [5.74, 6) is 0. The Kier molecular flexibility index (Phi) is 4.93. The van der Waals surface area contributed by atoms with E-state index < -0.39 is 10.0 Å². The maximum Gasteiger partial charge on any atom is 0.241 e. The number of nitrogens with one attached hydrogen (secondary N) is 2. The van der Waals surface area contributed by atoms with Crippen LogP contribution in [0.5, 0.6) is 0 Å². The van der Waals surface area contributed by atoms with Gasteiger partial charge in [-0.25, -0.2) is 13.1 Å². The fourth-order valence-corrected chi connectivity index (χ4v) is 4.27. The zero-order chi connectivity index (χ0) is 14.6. The molecule has 2 aromatic rings. The quantitative estimate of drug-likeness (QED) is 0.862. The van der Waals surface area contributed by atoms with Crippen molar-refractivity contribution in [2.45, 2.75) is 24.4 Å². The van der Waals surface area contributed by atoms with Gasteiger partial charge in [0.15, 0.2) is 0 Å². The summed E-state index contributed by atoms with van der Waals surface area (Å²) >= 11 is 1.54. The molecule has 2 rings (SSSR count). The lowest BCUT2D eigenvalue weighted by Crippen LogP contribution is -2.27. The van der Waals surface area contributed by atoms with Crippen LogP contribution in [-0.4, -0.2) is 15.5 Å². The molecule has 0 spiro atoms. The van der Waals surface area contributed by atoms with Crippen LogP contribution >= 0.6 is 11.3 Å². The smallest absolute Gasteiger partial charge is 0.241 e. The molecule has 0 saturated heterocycles. The second-order valence-electron chi connectivity index (χ2n) is 4.50. The van der Waals surface area contributed by atoms with E-state index in [4.69, 9.17) is 0 Å². The van der Waals surface area contributed by atoms with E-state index in [0.717, 1.165) is 10.4 Å². The van der Waals surface area contributed by atoms with Gasteiger partial charge >= 0.3 is 0 Å². The summed E-state index contributed by atoms with van der Waals surface area (Å²) in [6.07, 6.45) is 0. The average Bonchev–Trinajstić information content (AvgIpc) is 2.93. The van der Waals surface area contributed by atoms with E-state index in [1.807, 2.05) is 36.6 Å². The summed E-state index contributed by atoms with van der Waals surface area (Å²) in [7, 11) is -1.73. The van der Waals surface area contributed by atoms with Crippen molar-refractivity contribution >= 4 is 21.4 Å². The first-order chi connectivity index (χ1) is 9.54. The fraction of sp³-hybridized carbons (Fsp3) is 0.286. The van der Waals surface area contributed by atoms with Gasteiger partial charge in [-0.05, 0) is 37.0 Å². The summed E-state index contributed by atoms with van der Waals surface area (Å²) in [6.45, 7) is 2.37. The van der Waals surface area contributed by atoms with Gasteiger partial charge in [0.2, 0.25) is 10.0 Å². The van der Waals surface area contributed by atoms with Gasteiger partial charge in [-0.2, -0.15) is 0 Å². The highest BCUT2D eigenvalue weighted by Gasteiger charge is 2.21. The lowest BCUT2D eigenvalue weighted by atomic mass is 10.2. The summed E-state index contributed by atoms with van der Waals surface area (Å²) in [5, 5.41) is 4.93. The molecular weight excluding hydrogens is 292 g/mol. The number of benzene rings is 1. The molecule has 0 bridgehead atoms. The topological polar surface area (TPSA) is 58.2 Å². The van der Waals surface area contributed by atoms with Crippen molar-refractivity contribution in [2.24, 2.45) is 0 Å². The molecule has 1 unspecified atom stereocenters. The zero-order valence-corrected chi connectivity index (χ0v) is 13.1. The normalized spacial score (nSPS) is 13.3. The van der Waals surface area contributed by atoms with E-state index >= 15 is 0 Å². The molecule has 1 atom stereocenters. The SMILES string of the molecule is CNCc1ccccc1S(=O)(=O)NC(C)c1cccs1. The fourth-order valence-electron chi connectivity index (χ4n) is 1.99. The first kappa shape index (κ1) is 15.2. The van der Waals surface area contributed by atoms with Gasteiger partial charge in [0, 0.05) is 11.4 Å². The number of thiophene rings is 1. The third kappa shape index (κ3) is 3.46. The second kappa shape index (κ2) is 6.49. The van der Waals surface area contributed by atoms with Crippen LogP contribution in [0.15, 0.2) is 46.7 Å². The van der Waals surface area contributed by atoms with Gasteiger partial charge < -0.3 is 5.32 Å². The Bertz CT molecular complexity index is 652. The lowest BCUT2D eigenvalue weighted by molar-refractivity contribution is 0.566. The Morgan fingerprint density at radius 3 is 2.60 bits per heavy atom. The maximum absolute atomic E-state index is 12.5. The molecule has 0 aliphatic carbocycles. The number of hydrogen-bond acceptors (Lipinski definition) is 4. The molecule has 4 nitrogen and oxygen atoms in total. The van der Waals surface area contributed by atoms with Gasteiger partial charge in [0.1, 0.15) is 0 Å². The molecule has 1 aromatic carbocycles. The summed E-state index contributed by atoms with van der Waals surface area (Å²) in [5.41, 5.74) is 0.765. The molecule has 0 fully saturated rings. The molecular formula is C14H18N2O2S2. The van der Waals surface area contributed by atoms with Gasteiger partial charge in [-0.1, -0.05) is 24.3 Å². The monoisotopic (exact) mass is 310 g/mol. The van der Waals surface area contributed by atoms with Crippen LogP contribution in [0, 0.1) is 0 Å². The predicted octanol–water partition coefficient (Wildman–Crippen LogP) is 2.51. The summed E-state index contributed by atoms with van der Waals surface area (Å²) in [6, 6.07) is 10.6. The number of sulfonamides is 1. The van der Waals surface area contributed by atoms with Crippen LogP contribution in [0.3, 0.4) is 0 Å². The first-order valence-electron chi connectivity index (χ1n) is 6.33. The minimum absolute atomic E-state index is 0.234. The molecule has 1 aromatic heterocycles. The molecule has 0 saturated carbocycles. The number of rotatable bonds is 6. The van der Waals surface area contributed by atoms with Crippen molar-refractivity contribution < 1.29 is 8.42 Å². The molecule has 1 heterocycles. The van der Waals surface area contributed by atoms with Crippen molar-refractivity contribution in [1.29, 1.82) is 0 Å². The Morgan fingerprint density at radius 1 is 1.20 bits per heavy atom. The van der Waals surface area contributed by atoms with Crippen LogP contribution in [0.2, 0.25) is 0 Å². The maximum atomic E-state index is 12.5. The largest absolute Gasteiger partial charge is 0.316 e. The predicted molar refractivity (Wildman–Crippen MR) is 82.3 cm³/mol. The van der Waals surface area contributed by atoms with Crippen molar-refractivity contribution in [1.82, 2.24) is 10.0 Å². The van der Waals surface area contributed by atoms with E-state index in [1.165, 1.54) is 0 Å². The second-order valence-corrected chi connectivity index (χ2v) is 7.16. The molecule has 0 radical (unpaired) electrons. The third-order valence-corrected chi connectivity index (χ3v) is 5.63. The van der Waals surface area contributed by atoms with E-state index in [2.05, 4.69) is 10.0 Å². The molecule has 6 heteroatoms. The van der Waals surface area contributed by atoms with Gasteiger partial charge in [-0.3, -0.25) is 0 Å². The minimum Gasteiger partial charge on any atom is -0.316 e. The zero-order valence-electron chi connectivity index (χ0n) is 11.5. The highest BCUT2D eigenvalue weighted by atomic mass is 32.2. The Balaban J connectivity index is 2.27. The molecule has 0 amide bonds. The van der Waals surface area contributed by atoms with Crippen LogP contribution in [0.1, 0.15) is 23.4 Å². The van der Waals surface area contributed by atoms with Crippen molar-refractivity contribution in [3.63, 3.8) is 0 Å². The van der Waals surface area contributed by atoms with Gasteiger partial charge in [0.05, 0.1) is 10.9 Å². The highest BCUT2D eigenvalue weighted by Crippen LogP contribution is 2.22. The van der Waals surface area contributed by atoms with Crippen molar-refractivity contribution in [3.8, 4) is 0 Å². The summed E-state index contributed by atoms with van der Waals surface area (Å²) in [4.78, 5) is 1.33. The lowest BCUT2D eigenvalue weighted by Gasteiger charge is -2.15. The Hall–Kier alpha value is -1.21. The summed E-state index contributed by atoms with van der Waals surface area (Å²) < 4.78 is 27.7. The van der Waals surface area contributed by atoms with E-state index in [1.54, 1.807) is 30.5 Å². The van der Waals surface area contributed by atoms with E-state index in [0.29, 0.717) is 11.4 Å². The molecule has 20 heavy (non-hydrogen) atoms. The van der Waals surface area contributed by atoms with E-state index in [9.17, 15) is 8.42 Å². The number of hydrogen-bond donors (Lipinski definition) is 2. The Morgan fingerprint density at radius 2 is 1.95 bits per heavy atom. The van der Waals surface area contributed by atoms with Crippen LogP contribution < -0.4 is 10.0 Å². The van der Waals surface area contributed by atoms with Crippen molar-refractivity contribution in [3.05, 3.63) is 52.2 Å². The Labute approximate surface area is 123 Å². The van der Waals surface area contributed by atoms with Crippen molar-refractivity contribution in [2.75, 3.05) is 7.05 Å². The third-order valence-electron chi connectivity index (χ3n) is 2.93. The molecule has 0 aliphatic heterocycles. The van der Waals surface area contributed by atoms with Crippen LogP contribution in [-0.2, 0) is 16.6 Å². The minimum atomic E-state index is -3.52. The molecule has 108 valence electrons. The van der Waals surface area contributed by atoms with Crippen LogP contribution in [0.4, 0.5) is 0 Å². The standard InChI is InChI=1S/C14H18N2O2S2/c1-11(13-7-5-9-19-13)16-20(17,18)14-8-4-3-6-12(14)10-15-2/h3-9,11,15-16H,10H2,1-2H3.